The zero-order valence-electron chi connectivity index (χ0n) is 10.5. The summed E-state index contributed by atoms with van der Waals surface area (Å²) >= 11 is 5.57. The van der Waals surface area contributed by atoms with Crippen LogP contribution in [0.1, 0.15) is 40.0 Å². The molecule has 0 aromatic rings. The van der Waals surface area contributed by atoms with Gasteiger partial charge in [-0.25, -0.2) is 9.80 Å². The van der Waals surface area contributed by atoms with Gasteiger partial charge >= 0.3 is 6.03 Å². The lowest BCUT2D eigenvalue weighted by Gasteiger charge is -2.38. The molecule has 0 saturated carbocycles. The maximum Gasteiger partial charge on any atom is 0.336 e. The Bertz CT molecular complexity index is 286. The van der Waals surface area contributed by atoms with Crippen molar-refractivity contribution in [3.63, 3.8) is 0 Å². The Labute approximate surface area is 107 Å². The molecule has 1 fully saturated rings. The maximum absolute atomic E-state index is 11.6. The Hall–Kier alpha value is -0.810. The van der Waals surface area contributed by atoms with E-state index in [0.29, 0.717) is 0 Å². The number of halogens is 1. The van der Waals surface area contributed by atoms with Crippen LogP contribution in [0.3, 0.4) is 0 Å². The molecule has 2 N–H and O–H groups in total. The molecule has 17 heavy (non-hydrogen) atoms. The minimum Gasteiger partial charge on any atom is -0.276 e. The average molecular weight is 262 g/mol. The normalized spacial score (nSPS) is 27.3. The van der Waals surface area contributed by atoms with E-state index in [9.17, 15) is 9.59 Å². The molecular weight excluding hydrogens is 242 g/mol. The summed E-state index contributed by atoms with van der Waals surface area (Å²) in [6.07, 6.45) is 3.26. The van der Waals surface area contributed by atoms with E-state index in [1.54, 1.807) is 0 Å². The highest BCUT2D eigenvalue weighted by atomic mass is 35.5. The summed E-state index contributed by atoms with van der Waals surface area (Å²) in [5.41, 5.74) is 2.71. The first kappa shape index (κ1) is 14.3. The number of hydrazine groups is 1. The molecule has 0 spiro atoms. The molecule has 1 aliphatic rings. The van der Waals surface area contributed by atoms with E-state index in [4.69, 9.17) is 11.6 Å². The van der Waals surface area contributed by atoms with Crippen LogP contribution in [0.15, 0.2) is 0 Å². The molecule has 0 aliphatic carbocycles. The first-order chi connectivity index (χ1) is 7.91. The number of carbonyl (C=O) groups is 2. The van der Waals surface area contributed by atoms with Crippen LogP contribution >= 0.6 is 11.6 Å². The molecule has 3 atom stereocenters. The van der Waals surface area contributed by atoms with Gasteiger partial charge < -0.3 is 0 Å². The smallest absolute Gasteiger partial charge is 0.276 e. The van der Waals surface area contributed by atoms with Crippen LogP contribution in [0.4, 0.5) is 4.79 Å². The van der Waals surface area contributed by atoms with E-state index in [1.165, 1.54) is 13.3 Å². The van der Waals surface area contributed by atoms with Gasteiger partial charge in [-0.2, -0.15) is 0 Å². The monoisotopic (exact) mass is 261 g/mol. The van der Waals surface area contributed by atoms with Crippen LogP contribution in [0, 0.1) is 0 Å². The molecule has 98 valence electrons. The molecule has 1 saturated heterocycles. The van der Waals surface area contributed by atoms with Crippen molar-refractivity contribution in [2.24, 2.45) is 0 Å². The van der Waals surface area contributed by atoms with Crippen molar-refractivity contribution < 1.29 is 9.59 Å². The lowest BCUT2D eigenvalue weighted by Crippen LogP contribution is -2.57. The van der Waals surface area contributed by atoms with E-state index < -0.39 is 17.3 Å². The lowest BCUT2D eigenvalue weighted by molar-refractivity contribution is -0.119. The zero-order valence-corrected chi connectivity index (χ0v) is 11.3. The van der Waals surface area contributed by atoms with E-state index in [-0.39, 0.29) is 12.1 Å². The Morgan fingerprint density at radius 1 is 1.29 bits per heavy atom. The van der Waals surface area contributed by atoms with Crippen molar-refractivity contribution in [3.05, 3.63) is 0 Å². The van der Waals surface area contributed by atoms with Gasteiger partial charge in [0.2, 0.25) is 5.91 Å². The summed E-state index contributed by atoms with van der Waals surface area (Å²) < 4.78 is 0. The first-order valence-corrected chi connectivity index (χ1v) is 6.39. The van der Waals surface area contributed by atoms with Gasteiger partial charge in [0.05, 0.1) is 0 Å². The summed E-state index contributed by atoms with van der Waals surface area (Å²) in [5, 5.41) is 3.39. The Balaban J connectivity index is 2.46. The second kappa shape index (κ2) is 6.21. The van der Waals surface area contributed by atoms with Gasteiger partial charge in [0.15, 0.2) is 0 Å². The number of urea groups is 1. The Kier molecular flexibility index (Phi) is 5.21. The summed E-state index contributed by atoms with van der Waals surface area (Å²) in [6.45, 7) is 5.64. The number of nitrogens with zero attached hydrogens (tertiary/aromatic N) is 1. The number of hydrogen-bond donors (Lipinski definition) is 2. The lowest BCUT2D eigenvalue weighted by atomic mass is 10.00. The number of rotatable bonds is 2. The fraction of sp³-hybridized carbons (Fsp3) is 0.818. The topological polar surface area (TPSA) is 61.4 Å². The predicted octanol–water partition coefficient (Wildman–Crippen LogP) is 1.62. The van der Waals surface area contributed by atoms with Crippen LogP contribution in [0.2, 0.25) is 0 Å². The number of amides is 3. The van der Waals surface area contributed by atoms with Crippen LogP contribution in [0.25, 0.3) is 0 Å². The number of alkyl halides is 1. The van der Waals surface area contributed by atoms with Crippen molar-refractivity contribution in [1.82, 2.24) is 15.8 Å². The zero-order chi connectivity index (χ0) is 13.0. The minimum absolute atomic E-state index is 0.285. The third kappa shape index (κ3) is 4.16. The van der Waals surface area contributed by atoms with E-state index in [0.717, 1.165) is 12.8 Å². The van der Waals surface area contributed by atoms with Gasteiger partial charge in [0.25, 0.3) is 0 Å². The minimum atomic E-state index is -0.711. The van der Waals surface area contributed by atoms with Crippen LogP contribution in [-0.2, 0) is 4.79 Å². The molecule has 0 bridgehead atoms. The molecule has 0 aromatic carbocycles. The maximum atomic E-state index is 11.6. The molecular formula is C11H20ClN3O2. The summed E-state index contributed by atoms with van der Waals surface area (Å²) in [6, 6.07) is 0.0594. The predicted molar refractivity (Wildman–Crippen MR) is 66.6 cm³/mol. The number of imide groups is 1. The van der Waals surface area contributed by atoms with Crippen molar-refractivity contribution in [2.45, 2.75) is 57.5 Å². The van der Waals surface area contributed by atoms with Gasteiger partial charge in [0, 0.05) is 12.1 Å². The van der Waals surface area contributed by atoms with Gasteiger partial charge in [-0.05, 0) is 33.6 Å². The van der Waals surface area contributed by atoms with Crippen molar-refractivity contribution >= 4 is 23.5 Å². The molecule has 3 unspecified atom stereocenters. The Morgan fingerprint density at radius 3 is 2.29 bits per heavy atom. The van der Waals surface area contributed by atoms with Gasteiger partial charge in [-0.3, -0.25) is 15.5 Å². The average Bonchev–Trinajstić information content (AvgIpc) is 2.23. The first-order valence-electron chi connectivity index (χ1n) is 5.95. The van der Waals surface area contributed by atoms with Crippen molar-refractivity contribution in [2.75, 3.05) is 0 Å². The second-order valence-electron chi connectivity index (χ2n) is 4.58. The molecule has 3 amide bonds. The second-order valence-corrected chi connectivity index (χ2v) is 5.24. The van der Waals surface area contributed by atoms with Gasteiger partial charge in [0.1, 0.15) is 5.38 Å². The highest BCUT2D eigenvalue weighted by Gasteiger charge is 2.26. The van der Waals surface area contributed by atoms with Gasteiger partial charge in [-0.15, -0.1) is 11.6 Å². The molecule has 1 rings (SSSR count). The number of nitrogens with one attached hydrogen (secondary N) is 2. The fourth-order valence-electron chi connectivity index (χ4n) is 2.00. The number of hydrogen-bond acceptors (Lipinski definition) is 3. The van der Waals surface area contributed by atoms with Crippen LogP contribution in [0.5, 0.6) is 0 Å². The number of piperidine rings is 1. The largest absolute Gasteiger partial charge is 0.336 e. The Morgan fingerprint density at radius 2 is 1.82 bits per heavy atom. The van der Waals surface area contributed by atoms with Crippen molar-refractivity contribution in [1.29, 1.82) is 0 Å². The molecule has 1 heterocycles. The van der Waals surface area contributed by atoms with Crippen LogP contribution in [-0.4, -0.2) is 34.4 Å². The summed E-state index contributed by atoms with van der Waals surface area (Å²) in [7, 11) is 0. The summed E-state index contributed by atoms with van der Waals surface area (Å²) in [5.74, 6) is -0.485. The van der Waals surface area contributed by atoms with Crippen molar-refractivity contribution in [3.8, 4) is 0 Å². The SMILES string of the molecule is CC(Cl)C(=O)NC(=O)NN1C(C)CCCC1C. The molecule has 5 nitrogen and oxygen atoms in total. The molecule has 6 heteroatoms. The van der Waals surface area contributed by atoms with E-state index in [2.05, 4.69) is 24.6 Å². The number of carbonyl (C=O) groups excluding carboxylic acids is 2. The van der Waals surface area contributed by atoms with Gasteiger partial charge in [-0.1, -0.05) is 6.42 Å². The third-order valence-electron chi connectivity index (χ3n) is 3.02. The highest BCUT2D eigenvalue weighted by Crippen LogP contribution is 2.19. The van der Waals surface area contributed by atoms with E-state index >= 15 is 0 Å². The van der Waals surface area contributed by atoms with E-state index in [1.807, 2.05) is 5.01 Å². The molecule has 0 radical (unpaired) electrons. The fourth-order valence-corrected chi connectivity index (χ4v) is 2.05. The standard InChI is InChI=1S/C11H20ClN3O2/c1-7-5-4-6-8(2)15(7)14-11(17)13-10(16)9(3)12/h7-9H,4-6H2,1-3H3,(H2,13,14,16,17). The highest BCUT2D eigenvalue weighted by molar-refractivity contribution is 6.31. The quantitative estimate of drug-likeness (QED) is 0.743. The summed E-state index contributed by atoms with van der Waals surface area (Å²) in [4.78, 5) is 22.8. The van der Waals surface area contributed by atoms with Crippen LogP contribution < -0.4 is 10.7 Å². The molecule has 0 aromatic heterocycles. The third-order valence-corrected chi connectivity index (χ3v) is 3.22. The molecule has 1 aliphatic heterocycles.